The number of ether oxygens (including phenoxy) is 2. The molecule has 2 rings (SSSR count). The Morgan fingerprint density at radius 2 is 2.14 bits per heavy atom. The topological polar surface area (TPSA) is 47.6 Å². The molecule has 1 aliphatic rings. The highest BCUT2D eigenvalue weighted by atomic mass is 35.5. The van der Waals surface area contributed by atoms with Crippen LogP contribution in [0.2, 0.25) is 5.02 Å². The Labute approximate surface area is 134 Å². The fraction of sp³-hybridized carbons (Fsp3) is 0.562. The molecule has 1 saturated carbocycles. The van der Waals surface area contributed by atoms with Gasteiger partial charge in [0.25, 0.3) is 0 Å². The number of methoxy groups -OCH3 is 1. The molecule has 0 aliphatic heterocycles. The van der Waals surface area contributed by atoms with Gasteiger partial charge in [-0.05, 0) is 51.2 Å². The van der Waals surface area contributed by atoms with E-state index in [1.807, 2.05) is 20.8 Å². The largest absolute Gasteiger partial charge is 0.496 e. The van der Waals surface area contributed by atoms with Gasteiger partial charge in [-0.2, -0.15) is 0 Å². The Morgan fingerprint density at radius 1 is 1.45 bits per heavy atom. The van der Waals surface area contributed by atoms with E-state index in [4.69, 9.17) is 21.1 Å². The molecule has 1 N–H and O–H groups in total. The molecule has 1 amide bonds. The molecular formula is C16H21ClFNO3. The molecule has 0 aromatic heterocycles. The van der Waals surface area contributed by atoms with E-state index in [0.29, 0.717) is 17.9 Å². The van der Waals surface area contributed by atoms with Gasteiger partial charge < -0.3 is 14.8 Å². The minimum absolute atomic E-state index is 0.0908. The average molecular weight is 330 g/mol. The number of nitrogens with one attached hydrogen (secondary N) is 1. The van der Waals surface area contributed by atoms with Crippen LogP contribution in [0, 0.1) is 11.7 Å². The number of amides is 1. The average Bonchev–Trinajstić information content (AvgIpc) is 3.16. The molecule has 0 bridgehead atoms. The van der Waals surface area contributed by atoms with Gasteiger partial charge in [-0.15, -0.1) is 0 Å². The van der Waals surface area contributed by atoms with Gasteiger partial charge in [0.2, 0.25) is 0 Å². The normalized spacial score (nSPS) is 20.5. The molecular weight excluding hydrogens is 309 g/mol. The van der Waals surface area contributed by atoms with E-state index >= 15 is 0 Å². The van der Waals surface area contributed by atoms with Crippen molar-refractivity contribution in [2.24, 2.45) is 5.92 Å². The van der Waals surface area contributed by atoms with Gasteiger partial charge >= 0.3 is 6.09 Å². The van der Waals surface area contributed by atoms with E-state index < -0.39 is 17.5 Å². The molecule has 0 spiro atoms. The van der Waals surface area contributed by atoms with Crippen LogP contribution in [0.25, 0.3) is 0 Å². The van der Waals surface area contributed by atoms with Crippen molar-refractivity contribution in [1.29, 1.82) is 0 Å². The number of alkyl carbamates (subject to hydrolysis) is 1. The lowest BCUT2D eigenvalue weighted by Crippen LogP contribution is -2.33. The van der Waals surface area contributed by atoms with E-state index in [1.165, 1.54) is 13.2 Å². The second-order valence-electron chi connectivity index (χ2n) is 6.46. The van der Waals surface area contributed by atoms with Gasteiger partial charge in [0.1, 0.15) is 17.2 Å². The summed E-state index contributed by atoms with van der Waals surface area (Å²) in [5, 5.41) is 2.83. The highest BCUT2D eigenvalue weighted by Gasteiger charge is 2.42. The van der Waals surface area contributed by atoms with Crippen LogP contribution < -0.4 is 10.1 Å². The summed E-state index contributed by atoms with van der Waals surface area (Å²) in [7, 11) is 1.53. The molecule has 2 atom stereocenters. The lowest BCUT2D eigenvalue weighted by molar-refractivity contribution is 0.0525. The van der Waals surface area contributed by atoms with E-state index in [-0.39, 0.29) is 16.9 Å². The molecule has 1 aromatic rings. The predicted molar refractivity (Wildman–Crippen MR) is 83.0 cm³/mol. The number of rotatable bonds is 4. The molecule has 1 aliphatic carbocycles. The minimum Gasteiger partial charge on any atom is -0.496 e. The Bertz CT molecular complexity index is 571. The van der Waals surface area contributed by atoms with Gasteiger partial charge in [0.05, 0.1) is 12.1 Å². The van der Waals surface area contributed by atoms with Gasteiger partial charge in [-0.25, -0.2) is 9.18 Å². The second-order valence-corrected chi connectivity index (χ2v) is 6.84. The number of hydrogen-bond donors (Lipinski definition) is 1. The fourth-order valence-electron chi connectivity index (χ4n) is 2.43. The van der Waals surface area contributed by atoms with Crippen LogP contribution in [0.5, 0.6) is 5.75 Å². The van der Waals surface area contributed by atoms with Crippen LogP contribution in [0.4, 0.5) is 9.18 Å². The lowest BCUT2D eigenvalue weighted by atomic mass is 10.1. The molecule has 0 heterocycles. The summed E-state index contributed by atoms with van der Waals surface area (Å²) in [5.41, 5.74) is 0.155. The van der Waals surface area contributed by atoms with Gasteiger partial charge in [0.15, 0.2) is 0 Å². The van der Waals surface area contributed by atoms with E-state index in [2.05, 4.69) is 5.32 Å². The summed E-state index contributed by atoms with van der Waals surface area (Å²) in [6.45, 7) is 5.90. The van der Waals surface area contributed by atoms with Crippen molar-refractivity contribution in [3.8, 4) is 5.75 Å². The summed E-state index contributed by atoms with van der Waals surface area (Å²) in [6, 6.07) is 2.87. The first-order valence-electron chi connectivity index (χ1n) is 7.21. The van der Waals surface area contributed by atoms with Crippen LogP contribution in [-0.4, -0.2) is 25.3 Å². The van der Waals surface area contributed by atoms with E-state index in [0.717, 1.165) is 6.42 Å². The Morgan fingerprint density at radius 3 is 2.73 bits per heavy atom. The van der Waals surface area contributed by atoms with Gasteiger partial charge in [-0.1, -0.05) is 11.6 Å². The Hall–Kier alpha value is -1.49. The number of carbonyl (C=O) groups is 1. The number of carbonyl (C=O) groups excluding carboxylic acids is 1. The molecule has 1 aromatic carbocycles. The number of benzene rings is 1. The molecule has 122 valence electrons. The Kier molecular flexibility index (Phi) is 4.85. The van der Waals surface area contributed by atoms with Crippen molar-refractivity contribution in [3.05, 3.63) is 28.5 Å². The first-order chi connectivity index (χ1) is 10.2. The maximum Gasteiger partial charge on any atom is 0.407 e. The molecule has 22 heavy (non-hydrogen) atoms. The third-order valence-electron chi connectivity index (χ3n) is 3.51. The maximum atomic E-state index is 13.6. The van der Waals surface area contributed by atoms with Crippen molar-refractivity contribution in [3.63, 3.8) is 0 Å². The first kappa shape index (κ1) is 16.9. The van der Waals surface area contributed by atoms with Crippen LogP contribution in [0.1, 0.15) is 38.7 Å². The van der Waals surface area contributed by atoms with Gasteiger partial charge in [-0.3, -0.25) is 0 Å². The standard InChI is InChI=1S/C16H21ClFNO3/c1-16(2,3)22-15(20)19-8-9-7-10(9)13-12(21-4)6-5-11(18)14(13)17/h5-6,9-10H,7-8H2,1-4H3,(H,19,20). The first-order valence-corrected chi connectivity index (χ1v) is 7.59. The quantitative estimate of drug-likeness (QED) is 0.904. The zero-order chi connectivity index (χ0) is 16.5. The van der Waals surface area contributed by atoms with Gasteiger partial charge in [0, 0.05) is 12.1 Å². The fourth-order valence-corrected chi connectivity index (χ4v) is 2.72. The lowest BCUT2D eigenvalue weighted by Gasteiger charge is -2.19. The number of halogens is 2. The summed E-state index contributed by atoms with van der Waals surface area (Å²) < 4.78 is 24.1. The van der Waals surface area contributed by atoms with Crippen molar-refractivity contribution in [2.75, 3.05) is 13.7 Å². The summed E-state index contributed by atoms with van der Waals surface area (Å²) in [4.78, 5) is 11.6. The van der Waals surface area contributed by atoms with E-state index in [1.54, 1.807) is 6.07 Å². The smallest absolute Gasteiger partial charge is 0.407 e. The third kappa shape index (κ3) is 4.03. The highest BCUT2D eigenvalue weighted by molar-refractivity contribution is 6.31. The zero-order valence-corrected chi connectivity index (χ0v) is 14.0. The van der Waals surface area contributed by atoms with Crippen LogP contribution in [0.15, 0.2) is 12.1 Å². The SMILES string of the molecule is COc1ccc(F)c(Cl)c1C1CC1CNC(=O)OC(C)(C)C. The van der Waals surface area contributed by atoms with Crippen LogP contribution >= 0.6 is 11.6 Å². The molecule has 1 fully saturated rings. The second kappa shape index (κ2) is 6.32. The summed E-state index contributed by atoms with van der Waals surface area (Å²) in [6.07, 6.45) is 0.380. The molecule has 4 nitrogen and oxygen atoms in total. The minimum atomic E-state index is -0.526. The predicted octanol–water partition coefficient (Wildman–Crippen LogP) is 4.12. The molecule has 6 heteroatoms. The summed E-state index contributed by atoms with van der Waals surface area (Å²) >= 11 is 6.06. The van der Waals surface area contributed by atoms with Crippen LogP contribution in [-0.2, 0) is 4.74 Å². The molecule has 0 radical (unpaired) electrons. The molecule has 0 saturated heterocycles. The number of hydrogen-bond acceptors (Lipinski definition) is 3. The highest BCUT2D eigenvalue weighted by Crippen LogP contribution is 2.52. The Balaban J connectivity index is 1.96. The van der Waals surface area contributed by atoms with Crippen molar-refractivity contribution < 1.29 is 18.7 Å². The third-order valence-corrected chi connectivity index (χ3v) is 3.90. The van der Waals surface area contributed by atoms with Crippen molar-refractivity contribution in [2.45, 2.75) is 38.7 Å². The maximum absolute atomic E-state index is 13.6. The summed E-state index contributed by atoms with van der Waals surface area (Å²) in [5.74, 6) is 0.424. The van der Waals surface area contributed by atoms with Crippen LogP contribution in [0.3, 0.4) is 0 Å². The van der Waals surface area contributed by atoms with E-state index in [9.17, 15) is 9.18 Å². The zero-order valence-electron chi connectivity index (χ0n) is 13.2. The van der Waals surface area contributed by atoms with Crippen molar-refractivity contribution >= 4 is 17.7 Å². The molecule has 2 unspecified atom stereocenters. The van der Waals surface area contributed by atoms with Crippen molar-refractivity contribution in [1.82, 2.24) is 5.32 Å². The monoisotopic (exact) mass is 329 g/mol.